The average Bonchev–Trinajstić information content (AvgIpc) is 3.75. The number of rotatable bonds is 9. The number of fused-ring (bicyclic) bond motifs is 4. The smallest absolute Gasteiger partial charge is 0.339 e. The van der Waals surface area contributed by atoms with Gasteiger partial charge in [-0.2, -0.15) is 5.10 Å². The van der Waals surface area contributed by atoms with Crippen molar-refractivity contribution in [2.24, 2.45) is 0 Å². The summed E-state index contributed by atoms with van der Waals surface area (Å²) in [5, 5.41) is 14.9. The largest absolute Gasteiger partial charge is 0.497 e. The van der Waals surface area contributed by atoms with Crippen molar-refractivity contribution in [2.45, 2.75) is 20.5 Å². The number of esters is 1. The summed E-state index contributed by atoms with van der Waals surface area (Å²) >= 11 is 6.42. The van der Waals surface area contributed by atoms with Gasteiger partial charge in [0.05, 0.1) is 58.3 Å². The van der Waals surface area contributed by atoms with Crippen LogP contribution in [-0.2, 0) is 11.3 Å². The molecule has 0 N–H and O–H groups in total. The van der Waals surface area contributed by atoms with E-state index in [4.69, 9.17) is 35.9 Å². The number of benzene rings is 4. The van der Waals surface area contributed by atoms with Gasteiger partial charge in [-0.25, -0.2) is 19.0 Å². The SMILES string of the molecule is CCOc1ccc(-n2c(=O)c3ccc(Cl)cc3n3c(COC(=O)c4cc(-c5ccc(OC)cc5)nc5c4c(C)nn5-c4ccccc4)nnc23)cc1. The first kappa shape index (κ1) is 32.7. The molecule has 52 heavy (non-hydrogen) atoms. The zero-order chi connectivity index (χ0) is 35.9. The van der Waals surface area contributed by atoms with Gasteiger partial charge in [-0.3, -0.25) is 9.20 Å². The minimum absolute atomic E-state index is 0.225. The molecule has 0 saturated carbocycles. The molecule has 0 bridgehead atoms. The van der Waals surface area contributed by atoms with Gasteiger partial charge in [-0.15, -0.1) is 10.2 Å². The van der Waals surface area contributed by atoms with Gasteiger partial charge in [-0.1, -0.05) is 29.8 Å². The Hall–Kier alpha value is -6.53. The van der Waals surface area contributed by atoms with Gasteiger partial charge in [0.2, 0.25) is 5.78 Å². The monoisotopic (exact) mass is 711 g/mol. The van der Waals surface area contributed by atoms with Crippen LogP contribution in [-0.4, -0.2) is 53.6 Å². The van der Waals surface area contributed by atoms with Crippen LogP contribution in [0.25, 0.3) is 50.3 Å². The van der Waals surface area contributed by atoms with E-state index < -0.39 is 5.97 Å². The van der Waals surface area contributed by atoms with E-state index in [-0.39, 0.29) is 29.3 Å². The lowest BCUT2D eigenvalue weighted by Crippen LogP contribution is -2.22. The second-order valence-electron chi connectivity index (χ2n) is 11.9. The number of aryl methyl sites for hydroxylation is 1. The third kappa shape index (κ3) is 5.68. The van der Waals surface area contributed by atoms with Crippen LogP contribution in [0.5, 0.6) is 11.5 Å². The van der Waals surface area contributed by atoms with Crippen molar-refractivity contribution in [2.75, 3.05) is 13.7 Å². The van der Waals surface area contributed by atoms with E-state index in [1.807, 2.05) is 68.4 Å². The molecule has 0 aliphatic rings. The Kier molecular flexibility index (Phi) is 8.36. The second-order valence-corrected chi connectivity index (χ2v) is 12.3. The molecule has 0 amide bonds. The molecule has 0 saturated heterocycles. The summed E-state index contributed by atoms with van der Waals surface area (Å²) in [4.78, 5) is 33.0. The predicted molar refractivity (Wildman–Crippen MR) is 197 cm³/mol. The van der Waals surface area contributed by atoms with E-state index in [1.54, 1.807) is 64.7 Å². The molecule has 13 heteroatoms. The van der Waals surface area contributed by atoms with E-state index >= 15 is 0 Å². The van der Waals surface area contributed by atoms with Crippen molar-refractivity contribution in [3.63, 3.8) is 0 Å². The molecule has 0 fully saturated rings. The molecule has 12 nitrogen and oxygen atoms in total. The molecule has 8 rings (SSSR count). The lowest BCUT2D eigenvalue weighted by atomic mass is 10.1. The van der Waals surface area contributed by atoms with Gasteiger partial charge in [-0.05, 0) is 98.8 Å². The van der Waals surface area contributed by atoms with Crippen molar-refractivity contribution in [1.29, 1.82) is 0 Å². The Labute approximate surface area is 301 Å². The number of carbonyl (C=O) groups excluding carboxylic acids is 1. The van der Waals surface area contributed by atoms with Crippen molar-refractivity contribution < 1.29 is 19.0 Å². The Bertz CT molecular complexity index is 2690. The van der Waals surface area contributed by atoms with E-state index in [1.165, 1.54) is 4.57 Å². The van der Waals surface area contributed by atoms with E-state index in [9.17, 15) is 9.59 Å². The van der Waals surface area contributed by atoms with Crippen molar-refractivity contribution >= 4 is 45.3 Å². The van der Waals surface area contributed by atoms with Gasteiger partial charge in [0.25, 0.3) is 5.56 Å². The average molecular weight is 712 g/mol. The van der Waals surface area contributed by atoms with Crippen LogP contribution in [0.4, 0.5) is 0 Å². The van der Waals surface area contributed by atoms with Gasteiger partial charge in [0.15, 0.2) is 18.1 Å². The zero-order valence-corrected chi connectivity index (χ0v) is 29.0. The maximum atomic E-state index is 14.2. The fourth-order valence-electron chi connectivity index (χ4n) is 6.28. The predicted octanol–water partition coefficient (Wildman–Crippen LogP) is 7.16. The fraction of sp³-hybridized carbons (Fsp3) is 0.128. The third-order valence-electron chi connectivity index (χ3n) is 8.70. The maximum Gasteiger partial charge on any atom is 0.339 e. The summed E-state index contributed by atoms with van der Waals surface area (Å²) in [5.41, 5.74) is 4.21. The second kappa shape index (κ2) is 13.3. The van der Waals surface area contributed by atoms with Gasteiger partial charge in [0, 0.05) is 10.6 Å². The van der Waals surface area contributed by atoms with Gasteiger partial charge >= 0.3 is 5.97 Å². The van der Waals surface area contributed by atoms with Gasteiger partial charge in [0.1, 0.15) is 11.5 Å². The number of ether oxygens (including phenoxy) is 3. The van der Waals surface area contributed by atoms with Crippen LogP contribution >= 0.6 is 11.6 Å². The molecular formula is C39H30ClN7O5. The quantitative estimate of drug-likeness (QED) is 0.143. The molecule has 4 aromatic heterocycles. The van der Waals surface area contributed by atoms with Crippen LogP contribution in [0.2, 0.25) is 5.02 Å². The van der Waals surface area contributed by atoms with Crippen molar-refractivity contribution in [3.8, 4) is 34.1 Å². The molecule has 4 heterocycles. The normalized spacial score (nSPS) is 11.4. The Morgan fingerprint density at radius 1 is 0.865 bits per heavy atom. The highest BCUT2D eigenvalue weighted by molar-refractivity contribution is 6.31. The Morgan fingerprint density at radius 2 is 1.62 bits per heavy atom. The fourth-order valence-corrected chi connectivity index (χ4v) is 6.45. The number of pyridine rings is 1. The van der Waals surface area contributed by atoms with E-state index in [0.29, 0.717) is 62.1 Å². The van der Waals surface area contributed by atoms with Crippen LogP contribution in [0.15, 0.2) is 108 Å². The van der Waals surface area contributed by atoms with Crippen LogP contribution in [0, 0.1) is 6.92 Å². The summed E-state index contributed by atoms with van der Waals surface area (Å²) in [6.07, 6.45) is 0. The van der Waals surface area contributed by atoms with E-state index in [0.717, 1.165) is 11.3 Å². The molecule has 0 aliphatic carbocycles. The third-order valence-corrected chi connectivity index (χ3v) is 8.94. The Morgan fingerprint density at radius 3 is 2.35 bits per heavy atom. The number of carbonyl (C=O) groups is 1. The summed E-state index contributed by atoms with van der Waals surface area (Å²) in [7, 11) is 1.60. The Balaban J connectivity index is 1.23. The minimum Gasteiger partial charge on any atom is -0.497 e. The molecule has 8 aromatic rings. The molecule has 0 unspecified atom stereocenters. The number of para-hydroxylation sites is 1. The first-order chi connectivity index (χ1) is 25.3. The summed E-state index contributed by atoms with van der Waals surface area (Å²) < 4.78 is 21.8. The van der Waals surface area contributed by atoms with Crippen LogP contribution < -0.4 is 15.0 Å². The lowest BCUT2D eigenvalue weighted by molar-refractivity contribution is 0.0463. The summed E-state index contributed by atoms with van der Waals surface area (Å²) in [5.74, 6) is 1.26. The van der Waals surface area contributed by atoms with E-state index in [2.05, 4.69) is 10.2 Å². The molecule has 4 aromatic carbocycles. The molecule has 0 aliphatic heterocycles. The molecule has 0 radical (unpaired) electrons. The van der Waals surface area contributed by atoms with Crippen molar-refractivity contribution in [3.05, 3.63) is 136 Å². The summed E-state index contributed by atoms with van der Waals surface area (Å²) in [6.45, 7) is 3.97. The first-order valence-corrected chi connectivity index (χ1v) is 16.8. The lowest BCUT2D eigenvalue weighted by Gasteiger charge is -2.13. The number of hydrogen-bond acceptors (Lipinski definition) is 9. The summed E-state index contributed by atoms with van der Waals surface area (Å²) in [6, 6.07) is 30.8. The number of methoxy groups -OCH3 is 1. The standard InChI is InChI=1S/C39H30ClN7O5/c1-4-51-29-17-13-26(14-18-29)45-37(48)30-19-12-25(40)20-33(30)46-34(42-43-39(45)46)22-52-38(49)31-21-32(24-10-15-28(50-3)16-11-24)41-36-35(31)23(2)44-47(36)27-8-6-5-7-9-27/h5-21H,4,22H2,1-3H3. The number of hydrogen-bond donors (Lipinski definition) is 0. The first-order valence-electron chi connectivity index (χ1n) is 16.4. The topological polar surface area (TPSA) is 128 Å². The molecule has 258 valence electrons. The molecular weight excluding hydrogens is 682 g/mol. The number of nitrogens with zero attached hydrogens (tertiary/aromatic N) is 7. The van der Waals surface area contributed by atoms with Crippen LogP contribution in [0.1, 0.15) is 28.8 Å². The maximum absolute atomic E-state index is 14.2. The van der Waals surface area contributed by atoms with Crippen molar-refractivity contribution in [1.82, 2.24) is 33.9 Å². The highest BCUT2D eigenvalue weighted by Gasteiger charge is 2.24. The highest BCUT2D eigenvalue weighted by atomic mass is 35.5. The zero-order valence-electron chi connectivity index (χ0n) is 28.3. The van der Waals surface area contributed by atoms with Crippen LogP contribution in [0.3, 0.4) is 0 Å². The molecule has 0 atom stereocenters. The number of halogens is 1. The minimum atomic E-state index is -0.614. The van der Waals surface area contributed by atoms with Gasteiger partial charge < -0.3 is 14.2 Å². The number of aromatic nitrogens is 7. The highest BCUT2D eigenvalue weighted by Crippen LogP contribution is 2.31. The molecule has 0 spiro atoms.